The molecule has 4 nitrogen and oxygen atoms in total. The maximum atomic E-state index is 14.2. The highest BCUT2D eigenvalue weighted by molar-refractivity contribution is 6.04. The minimum atomic E-state index is -4.98. The molecule has 0 fully saturated rings. The van der Waals surface area contributed by atoms with Crippen molar-refractivity contribution in [3.05, 3.63) is 30.3 Å². The van der Waals surface area contributed by atoms with E-state index in [4.69, 9.17) is 0 Å². The van der Waals surface area contributed by atoms with Crippen molar-refractivity contribution in [2.24, 2.45) is 0 Å². The van der Waals surface area contributed by atoms with Gasteiger partial charge in [-0.25, -0.2) is 4.79 Å². The van der Waals surface area contributed by atoms with Crippen molar-refractivity contribution in [1.29, 1.82) is 0 Å². The first kappa shape index (κ1) is 19.2. The van der Waals surface area contributed by atoms with Crippen LogP contribution < -0.4 is 4.48 Å². The van der Waals surface area contributed by atoms with Crippen LogP contribution in [0.2, 0.25) is 0 Å². The van der Waals surface area contributed by atoms with E-state index in [2.05, 4.69) is 0 Å². The van der Waals surface area contributed by atoms with Gasteiger partial charge in [0.15, 0.2) is 0 Å². The Balaban J connectivity index is 3.92. The van der Waals surface area contributed by atoms with Crippen LogP contribution in [0.4, 0.5) is 18.9 Å². The Hall–Kier alpha value is -1.89. The maximum absolute atomic E-state index is 14.2. The average Bonchev–Trinajstić information content (AvgIpc) is 2.41. The van der Waals surface area contributed by atoms with Crippen LogP contribution >= 0.6 is 0 Å². The molecule has 0 saturated heterocycles. The summed E-state index contributed by atoms with van der Waals surface area (Å²) in [5.41, 5.74) is -1.88. The van der Waals surface area contributed by atoms with Crippen molar-refractivity contribution in [3.63, 3.8) is 0 Å². The number of hydrogen-bond donors (Lipinski definition) is 1. The molecule has 128 valence electrons. The zero-order chi connectivity index (χ0) is 18.1. The van der Waals surface area contributed by atoms with E-state index in [0.29, 0.717) is 0 Å². The second-order valence-corrected chi connectivity index (χ2v) is 6.26. The molecule has 0 aliphatic rings. The van der Waals surface area contributed by atoms with Crippen LogP contribution in [0.15, 0.2) is 30.3 Å². The van der Waals surface area contributed by atoms with Crippen molar-refractivity contribution >= 4 is 17.4 Å². The molecule has 0 saturated carbocycles. The smallest absolute Gasteiger partial charge is 0.476 e. The molecule has 1 aromatic rings. The van der Waals surface area contributed by atoms with E-state index < -0.39 is 34.1 Å². The lowest BCUT2D eigenvalue weighted by Gasteiger charge is -2.50. The number of carbonyl (C=O) groups is 2. The summed E-state index contributed by atoms with van der Waals surface area (Å²) in [7, 11) is 0. The number of hydrogen-bond acceptors (Lipinski definition) is 2. The molecule has 2 unspecified atom stereocenters. The molecule has 0 aliphatic heterocycles. The zero-order valence-electron chi connectivity index (χ0n) is 13.5. The van der Waals surface area contributed by atoms with Gasteiger partial charge in [-0.15, -0.1) is 13.2 Å². The Bertz CT molecular complexity index is 562. The first-order valence-corrected chi connectivity index (χ1v) is 7.18. The third-order valence-corrected chi connectivity index (χ3v) is 3.90. The Labute approximate surface area is 133 Å². The van der Waals surface area contributed by atoms with Crippen LogP contribution in [0.25, 0.3) is 0 Å². The van der Waals surface area contributed by atoms with E-state index in [0.717, 1.165) is 0 Å². The van der Waals surface area contributed by atoms with Gasteiger partial charge < -0.3 is 5.11 Å². The fourth-order valence-electron chi connectivity index (χ4n) is 2.97. The molecule has 0 spiro atoms. The number of quaternary nitrogens is 1. The predicted octanol–water partition coefficient (Wildman–Crippen LogP) is 3.74. The van der Waals surface area contributed by atoms with Crippen LogP contribution in [0, 0.1) is 0 Å². The number of carboxylic acid groups (broad SMARTS) is 1. The lowest BCUT2D eigenvalue weighted by Crippen LogP contribution is -2.77. The lowest BCUT2D eigenvalue weighted by molar-refractivity contribution is -0.273. The van der Waals surface area contributed by atoms with Crippen molar-refractivity contribution in [1.82, 2.24) is 4.48 Å². The number of ketones is 1. The predicted molar refractivity (Wildman–Crippen MR) is 80.8 cm³/mol. The number of para-hydroxylation sites is 1. The highest BCUT2D eigenvalue weighted by atomic mass is 19.4. The van der Waals surface area contributed by atoms with Gasteiger partial charge in [0.2, 0.25) is 5.78 Å². The number of Topliss-reactive ketones (excluding diaryl/α,β-unsaturated/α-hetero) is 1. The van der Waals surface area contributed by atoms with E-state index in [1.54, 1.807) is 0 Å². The summed E-state index contributed by atoms with van der Waals surface area (Å²) in [6.45, 7) is 5.21. The second-order valence-electron chi connectivity index (χ2n) is 6.26. The summed E-state index contributed by atoms with van der Waals surface area (Å²) in [6.07, 6.45) is -5.27. The van der Waals surface area contributed by atoms with Gasteiger partial charge in [0, 0.05) is 6.42 Å². The minimum absolute atomic E-state index is 0.276. The summed E-state index contributed by atoms with van der Waals surface area (Å²) in [6, 6.07) is 4.48. The SMILES string of the molecule is CCC(=O)C(C(=O)O)[N+](c1ccccc1)(C(C)(C)C)C(F)(F)F. The van der Waals surface area contributed by atoms with Crippen LogP contribution in [0.5, 0.6) is 0 Å². The first-order chi connectivity index (χ1) is 10.4. The first-order valence-electron chi connectivity index (χ1n) is 7.18. The lowest BCUT2D eigenvalue weighted by atomic mass is 9.92. The number of nitrogens with zero attached hydrogens (tertiary/aromatic N) is 1. The number of rotatable bonds is 5. The third kappa shape index (κ3) is 3.10. The van der Waals surface area contributed by atoms with Crippen LogP contribution in [-0.2, 0) is 9.59 Å². The topological polar surface area (TPSA) is 54.4 Å². The number of carbonyl (C=O) groups excluding carboxylic acids is 1. The van der Waals surface area contributed by atoms with E-state index in [-0.39, 0.29) is 12.1 Å². The summed E-state index contributed by atoms with van der Waals surface area (Å²) in [5, 5.41) is 9.46. The molecule has 23 heavy (non-hydrogen) atoms. The fraction of sp³-hybridized carbons (Fsp3) is 0.500. The highest BCUT2D eigenvalue weighted by Gasteiger charge is 2.70. The van der Waals surface area contributed by atoms with Crippen molar-refractivity contribution in [2.45, 2.75) is 52.0 Å². The van der Waals surface area contributed by atoms with Gasteiger partial charge in [0.05, 0.1) is 0 Å². The van der Waals surface area contributed by atoms with Crippen molar-refractivity contribution in [2.75, 3.05) is 0 Å². The largest absolute Gasteiger partial charge is 0.567 e. The summed E-state index contributed by atoms with van der Waals surface area (Å²) in [4.78, 5) is 23.8. The number of carboxylic acids is 1. The van der Waals surface area contributed by atoms with Crippen LogP contribution in [0.3, 0.4) is 0 Å². The summed E-state index contributed by atoms with van der Waals surface area (Å²) >= 11 is 0. The molecule has 7 heteroatoms. The minimum Gasteiger partial charge on any atom is -0.476 e. The van der Waals surface area contributed by atoms with Gasteiger partial charge in [-0.3, -0.25) is 4.79 Å². The van der Waals surface area contributed by atoms with E-state index in [1.165, 1.54) is 58.0 Å². The molecule has 1 N–H and O–H groups in total. The Kier molecular flexibility index (Phi) is 5.26. The third-order valence-electron chi connectivity index (χ3n) is 3.90. The van der Waals surface area contributed by atoms with Gasteiger partial charge in [0.25, 0.3) is 6.04 Å². The van der Waals surface area contributed by atoms with E-state index in [1.807, 2.05) is 0 Å². The zero-order valence-corrected chi connectivity index (χ0v) is 13.5. The molecular weight excluding hydrogens is 311 g/mol. The molecule has 0 amide bonds. The Morgan fingerprint density at radius 3 is 1.91 bits per heavy atom. The monoisotopic (exact) mass is 332 g/mol. The molecule has 0 aromatic heterocycles. The Morgan fingerprint density at radius 2 is 1.61 bits per heavy atom. The summed E-state index contributed by atoms with van der Waals surface area (Å²) in [5.74, 6) is -2.75. The van der Waals surface area contributed by atoms with Gasteiger partial charge in [0.1, 0.15) is 11.2 Å². The highest BCUT2D eigenvalue weighted by Crippen LogP contribution is 2.47. The number of aliphatic carboxylic acids is 1. The molecule has 0 bridgehead atoms. The summed E-state index contributed by atoms with van der Waals surface area (Å²) < 4.78 is 40.7. The molecule has 1 aromatic carbocycles. The van der Waals surface area contributed by atoms with Crippen LogP contribution in [-0.4, -0.2) is 34.7 Å². The standard InChI is InChI=1S/C16H20F3NO3/c1-5-12(21)13(14(22)23)20(15(2,3)4,16(17,18)19)11-9-7-6-8-10-11/h6-10,13H,5H2,1-4H3/p+1. The average molecular weight is 332 g/mol. The van der Waals surface area contributed by atoms with Gasteiger partial charge >= 0.3 is 12.3 Å². The number of halogens is 3. The van der Waals surface area contributed by atoms with E-state index >= 15 is 0 Å². The van der Waals surface area contributed by atoms with Crippen molar-refractivity contribution in [3.8, 4) is 0 Å². The fourth-order valence-corrected chi connectivity index (χ4v) is 2.97. The van der Waals surface area contributed by atoms with Gasteiger partial charge in [-0.1, -0.05) is 25.1 Å². The number of benzene rings is 1. The van der Waals surface area contributed by atoms with Gasteiger partial charge in [-0.2, -0.15) is 4.48 Å². The number of alkyl halides is 3. The van der Waals surface area contributed by atoms with E-state index in [9.17, 15) is 27.9 Å². The molecule has 1 rings (SSSR count). The molecular formula is C16H21F3NO3+. The molecule has 2 atom stereocenters. The normalized spacial score (nSPS) is 16.5. The molecule has 0 radical (unpaired) electrons. The van der Waals surface area contributed by atoms with Crippen LogP contribution in [0.1, 0.15) is 34.1 Å². The quantitative estimate of drug-likeness (QED) is 0.508. The maximum Gasteiger partial charge on any atom is 0.567 e. The van der Waals surface area contributed by atoms with Gasteiger partial charge in [-0.05, 0) is 32.9 Å². The molecule has 0 heterocycles. The Morgan fingerprint density at radius 1 is 1.13 bits per heavy atom. The molecule has 0 aliphatic carbocycles. The van der Waals surface area contributed by atoms with Crippen molar-refractivity contribution < 1.29 is 27.9 Å². The second kappa shape index (κ2) is 6.31.